The molecule has 3 aromatic rings. The predicted molar refractivity (Wildman–Crippen MR) is 98.6 cm³/mol. The van der Waals surface area contributed by atoms with Crippen LogP contribution in [0.25, 0.3) is 0 Å². The van der Waals surface area contributed by atoms with Crippen molar-refractivity contribution >= 4 is 39.1 Å². The van der Waals surface area contributed by atoms with E-state index in [9.17, 15) is 0 Å². The number of nitrogens with zero attached hydrogens (tertiary/aromatic N) is 3. The second kappa shape index (κ2) is 7.11. The van der Waals surface area contributed by atoms with Gasteiger partial charge in [-0.1, -0.05) is 18.2 Å². The van der Waals surface area contributed by atoms with Crippen LogP contribution < -0.4 is 10.6 Å². The maximum atomic E-state index is 9.16. The second-order valence-corrected chi connectivity index (χ2v) is 6.01. The zero-order valence-electron chi connectivity index (χ0n) is 12.9. The number of halogens is 1. The first-order valence-electron chi connectivity index (χ1n) is 7.28. The van der Waals surface area contributed by atoms with E-state index in [1.54, 1.807) is 18.3 Å². The molecule has 5 nitrogen and oxygen atoms in total. The van der Waals surface area contributed by atoms with Gasteiger partial charge in [0.1, 0.15) is 11.9 Å². The molecule has 0 amide bonds. The Morgan fingerprint density at radius 2 is 1.88 bits per heavy atom. The molecule has 0 unspecified atom stereocenters. The van der Waals surface area contributed by atoms with Crippen molar-refractivity contribution in [2.45, 2.75) is 6.92 Å². The number of para-hydroxylation sites is 1. The van der Waals surface area contributed by atoms with Crippen LogP contribution in [-0.4, -0.2) is 9.97 Å². The number of rotatable bonds is 4. The molecule has 118 valence electrons. The van der Waals surface area contributed by atoms with E-state index >= 15 is 0 Å². The van der Waals surface area contributed by atoms with Crippen LogP contribution in [0.4, 0.5) is 23.1 Å². The lowest BCUT2D eigenvalue weighted by Gasteiger charge is -2.10. The average molecular weight is 380 g/mol. The first-order valence-corrected chi connectivity index (χ1v) is 8.07. The standard InChI is InChI=1S/C18H14BrN5/c1-12-6-7-16(14(19)10-12)23-18-21-9-8-17(24-18)22-15-5-3-2-4-13(15)11-20/h2-10H,1H3,(H2,21,22,23,24). The van der Waals surface area contributed by atoms with Gasteiger partial charge in [-0.05, 0) is 58.7 Å². The van der Waals surface area contributed by atoms with E-state index in [4.69, 9.17) is 5.26 Å². The fraction of sp³-hybridized carbons (Fsp3) is 0.0556. The van der Waals surface area contributed by atoms with E-state index in [-0.39, 0.29) is 0 Å². The third-order valence-corrected chi connectivity index (χ3v) is 3.99. The largest absolute Gasteiger partial charge is 0.339 e. The van der Waals surface area contributed by atoms with Crippen LogP contribution in [0.3, 0.4) is 0 Å². The highest BCUT2D eigenvalue weighted by Gasteiger charge is 2.06. The van der Waals surface area contributed by atoms with Crippen molar-refractivity contribution in [2.24, 2.45) is 0 Å². The van der Waals surface area contributed by atoms with E-state index < -0.39 is 0 Å². The summed E-state index contributed by atoms with van der Waals surface area (Å²) in [5.74, 6) is 1.08. The van der Waals surface area contributed by atoms with E-state index in [0.29, 0.717) is 23.0 Å². The molecule has 1 aromatic heterocycles. The molecule has 2 N–H and O–H groups in total. The topological polar surface area (TPSA) is 73.6 Å². The lowest BCUT2D eigenvalue weighted by atomic mass is 10.2. The first kappa shape index (κ1) is 16.0. The Morgan fingerprint density at radius 1 is 1.04 bits per heavy atom. The number of aryl methyl sites for hydroxylation is 1. The summed E-state index contributed by atoms with van der Waals surface area (Å²) in [5, 5.41) is 15.5. The molecule has 0 saturated carbocycles. The number of anilines is 4. The fourth-order valence-corrected chi connectivity index (χ4v) is 2.75. The van der Waals surface area contributed by atoms with Gasteiger partial charge in [0.15, 0.2) is 0 Å². The molecule has 24 heavy (non-hydrogen) atoms. The molecule has 0 saturated heterocycles. The molecule has 2 aromatic carbocycles. The highest BCUT2D eigenvalue weighted by Crippen LogP contribution is 2.26. The van der Waals surface area contributed by atoms with Gasteiger partial charge in [-0.15, -0.1) is 0 Å². The lowest BCUT2D eigenvalue weighted by Crippen LogP contribution is -2.01. The third-order valence-electron chi connectivity index (χ3n) is 3.34. The summed E-state index contributed by atoms with van der Waals surface area (Å²) < 4.78 is 0.944. The monoisotopic (exact) mass is 379 g/mol. The Kier molecular flexibility index (Phi) is 4.73. The van der Waals surface area contributed by atoms with Gasteiger partial charge >= 0.3 is 0 Å². The SMILES string of the molecule is Cc1ccc(Nc2nccc(Nc3ccccc3C#N)n2)c(Br)c1. The minimum atomic E-state index is 0.471. The lowest BCUT2D eigenvalue weighted by molar-refractivity contribution is 1.16. The fourth-order valence-electron chi connectivity index (χ4n) is 2.16. The molecule has 0 spiro atoms. The molecular weight excluding hydrogens is 366 g/mol. The van der Waals surface area contributed by atoms with Crippen LogP contribution in [-0.2, 0) is 0 Å². The molecule has 0 radical (unpaired) electrons. The molecule has 6 heteroatoms. The van der Waals surface area contributed by atoms with Crippen molar-refractivity contribution in [3.63, 3.8) is 0 Å². The van der Waals surface area contributed by atoms with Crippen molar-refractivity contribution in [3.05, 3.63) is 70.3 Å². The minimum absolute atomic E-state index is 0.471. The van der Waals surface area contributed by atoms with Crippen LogP contribution in [0.2, 0.25) is 0 Å². The van der Waals surface area contributed by atoms with Crippen molar-refractivity contribution in [1.82, 2.24) is 9.97 Å². The number of hydrogen-bond acceptors (Lipinski definition) is 5. The van der Waals surface area contributed by atoms with E-state index in [1.807, 2.05) is 43.3 Å². The Balaban J connectivity index is 1.83. The Hall–Kier alpha value is -2.91. The number of nitriles is 1. The van der Waals surface area contributed by atoms with Crippen LogP contribution in [0.5, 0.6) is 0 Å². The predicted octanol–water partition coefficient (Wildman–Crippen LogP) is 4.91. The third kappa shape index (κ3) is 3.70. The highest BCUT2D eigenvalue weighted by atomic mass is 79.9. The Morgan fingerprint density at radius 3 is 2.67 bits per heavy atom. The summed E-state index contributed by atoms with van der Waals surface area (Å²) in [7, 11) is 0. The van der Waals surface area contributed by atoms with Gasteiger partial charge in [0, 0.05) is 10.7 Å². The quantitative estimate of drug-likeness (QED) is 0.673. The van der Waals surface area contributed by atoms with Gasteiger partial charge in [-0.2, -0.15) is 10.2 Å². The van der Waals surface area contributed by atoms with Crippen LogP contribution >= 0.6 is 15.9 Å². The average Bonchev–Trinajstić information content (AvgIpc) is 2.58. The van der Waals surface area contributed by atoms with Gasteiger partial charge in [0.05, 0.1) is 16.9 Å². The van der Waals surface area contributed by atoms with Gasteiger partial charge in [-0.3, -0.25) is 0 Å². The van der Waals surface area contributed by atoms with Crippen LogP contribution in [0.1, 0.15) is 11.1 Å². The molecule has 0 aliphatic carbocycles. The smallest absolute Gasteiger partial charge is 0.229 e. The highest BCUT2D eigenvalue weighted by molar-refractivity contribution is 9.10. The summed E-state index contributed by atoms with van der Waals surface area (Å²) in [4.78, 5) is 8.67. The second-order valence-electron chi connectivity index (χ2n) is 5.16. The van der Waals surface area contributed by atoms with Gasteiger partial charge in [-0.25, -0.2) is 4.98 Å². The molecular formula is C18H14BrN5. The van der Waals surface area contributed by atoms with Crippen molar-refractivity contribution in [3.8, 4) is 6.07 Å². The molecule has 0 bridgehead atoms. The van der Waals surface area contributed by atoms with E-state index in [1.165, 1.54) is 0 Å². The molecule has 0 fully saturated rings. The molecule has 0 aliphatic heterocycles. The van der Waals surface area contributed by atoms with Crippen molar-refractivity contribution < 1.29 is 0 Å². The maximum Gasteiger partial charge on any atom is 0.229 e. The molecule has 3 rings (SSSR count). The number of aromatic nitrogens is 2. The van der Waals surface area contributed by atoms with Gasteiger partial charge in [0.2, 0.25) is 5.95 Å². The maximum absolute atomic E-state index is 9.16. The first-order chi connectivity index (χ1) is 11.7. The van der Waals surface area contributed by atoms with Gasteiger partial charge < -0.3 is 10.6 Å². The Bertz CT molecular complexity index is 917. The normalized spacial score (nSPS) is 10.0. The summed E-state index contributed by atoms with van der Waals surface area (Å²) in [6.45, 7) is 2.03. The molecule has 1 heterocycles. The summed E-state index contributed by atoms with van der Waals surface area (Å²) >= 11 is 3.53. The van der Waals surface area contributed by atoms with E-state index in [0.717, 1.165) is 15.7 Å². The Labute approximate surface area is 148 Å². The van der Waals surface area contributed by atoms with E-state index in [2.05, 4.69) is 42.6 Å². The van der Waals surface area contributed by atoms with Crippen molar-refractivity contribution in [1.29, 1.82) is 5.26 Å². The van der Waals surface area contributed by atoms with Crippen LogP contribution in [0.15, 0.2) is 59.2 Å². The van der Waals surface area contributed by atoms with Crippen LogP contribution in [0, 0.1) is 18.3 Å². The zero-order valence-corrected chi connectivity index (χ0v) is 14.5. The molecule has 0 atom stereocenters. The number of nitrogens with one attached hydrogen (secondary N) is 2. The summed E-state index contributed by atoms with van der Waals surface area (Å²) in [5.41, 5.74) is 3.32. The summed E-state index contributed by atoms with van der Waals surface area (Å²) in [6, 6.07) is 17.2. The molecule has 0 aliphatic rings. The minimum Gasteiger partial charge on any atom is -0.339 e. The van der Waals surface area contributed by atoms with Gasteiger partial charge in [0.25, 0.3) is 0 Å². The summed E-state index contributed by atoms with van der Waals surface area (Å²) in [6.07, 6.45) is 1.66. The number of benzene rings is 2. The van der Waals surface area contributed by atoms with Crippen molar-refractivity contribution in [2.75, 3.05) is 10.6 Å². The zero-order chi connectivity index (χ0) is 16.9. The number of hydrogen-bond donors (Lipinski definition) is 2.